The number of aromatic carboxylic acids is 1. The topological polar surface area (TPSA) is 55.1 Å². The number of hydrogen-bond donors (Lipinski definition) is 1. The van der Waals surface area contributed by atoms with Crippen molar-refractivity contribution in [3.8, 4) is 0 Å². The van der Waals surface area contributed by atoms with Gasteiger partial charge in [-0.25, -0.2) is 9.78 Å². The molecule has 94 valence electrons. The van der Waals surface area contributed by atoms with Crippen LogP contribution in [0, 0.1) is 12.3 Å². The molecular weight excluding hydrogens is 228 g/mol. The molecule has 0 aliphatic heterocycles. The molecule has 0 saturated heterocycles. The van der Waals surface area contributed by atoms with Crippen LogP contribution in [0.3, 0.4) is 0 Å². The molecule has 4 nitrogen and oxygen atoms in total. The highest BCUT2D eigenvalue weighted by molar-refractivity contribution is 6.01. The summed E-state index contributed by atoms with van der Waals surface area (Å²) in [6, 6.07) is 5.64. The van der Waals surface area contributed by atoms with Gasteiger partial charge in [0.15, 0.2) is 0 Å². The second kappa shape index (κ2) is 3.34. The largest absolute Gasteiger partial charge is 0.478 e. The Bertz CT molecular complexity index is 655. The molecule has 1 N–H and O–H groups in total. The van der Waals surface area contributed by atoms with Crippen LogP contribution >= 0.6 is 0 Å². The van der Waals surface area contributed by atoms with Crippen molar-refractivity contribution in [2.45, 2.75) is 33.2 Å². The fraction of sp³-hybridized carbons (Fsp3) is 0.429. The van der Waals surface area contributed by atoms with Gasteiger partial charge in [-0.2, -0.15) is 0 Å². The highest BCUT2D eigenvalue weighted by Crippen LogP contribution is 2.56. The summed E-state index contributed by atoms with van der Waals surface area (Å²) in [6.45, 7) is 6.35. The van der Waals surface area contributed by atoms with E-state index in [1.807, 2.05) is 13.0 Å². The van der Waals surface area contributed by atoms with Gasteiger partial charge in [-0.1, -0.05) is 19.9 Å². The Labute approximate surface area is 105 Å². The lowest BCUT2D eigenvalue weighted by Gasteiger charge is -2.10. The number of aryl methyl sites for hydroxylation is 1. The molecule has 0 radical (unpaired) electrons. The van der Waals surface area contributed by atoms with Crippen LogP contribution in [0.1, 0.15) is 42.5 Å². The van der Waals surface area contributed by atoms with E-state index in [1.54, 1.807) is 12.1 Å². The minimum atomic E-state index is -0.889. The maximum Gasteiger partial charge on any atom is 0.337 e. The Morgan fingerprint density at radius 2 is 2.17 bits per heavy atom. The number of hydrogen-bond acceptors (Lipinski definition) is 2. The lowest BCUT2D eigenvalue weighted by Crippen LogP contribution is -2.06. The van der Waals surface area contributed by atoms with Gasteiger partial charge in [0, 0.05) is 6.04 Å². The zero-order chi connectivity index (χ0) is 13.1. The van der Waals surface area contributed by atoms with E-state index in [2.05, 4.69) is 23.4 Å². The van der Waals surface area contributed by atoms with Crippen LogP contribution in [0.25, 0.3) is 11.0 Å². The van der Waals surface area contributed by atoms with Gasteiger partial charge < -0.3 is 9.67 Å². The van der Waals surface area contributed by atoms with E-state index >= 15 is 0 Å². The molecule has 1 atom stereocenters. The molecule has 4 heteroatoms. The molecule has 0 bridgehead atoms. The van der Waals surface area contributed by atoms with E-state index in [0.29, 0.717) is 11.6 Å². The molecule has 1 aliphatic carbocycles. The average molecular weight is 244 g/mol. The summed E-state index contributed by atoms with van der Waals surface area (Å²) in [5.74, 6) is 0.00878. The summed E-state index contributed by atoms with van der Waals surface area (Å²) in [7, 11) is 0. The first-order chi connectivity index (χ1) is 8.42. The van der Waals surface area contributed by atoms with E-state index in [9.17, 15) is 9.90 Å². The van der Waals surface area contributed by atoms with Crippen LogP contribution in [-0.2, 0) is 0 Å². The number of carboxylic acid groups (broad SMARTS) is 1. The molecule has 1 saturated carbocycles. The molecule has 1 fully saturated rings. The lowest BCUT2D eigenvalue weighted by atomic mass is 10.1. The van der Waals surface area contributed by atoms with Crippen LogP contribution in [0.4, 0.5) is 0 Å². The first kappa shape index (κ1) is 11.3. The number of nitrogens with zero attached hydrogens (tertiary/aromatic N) is 2. The van der Waals surface area contributed by atoms with Crippen molar-refractivity contribution in [1.29, 1.82) is 0 Å². The maximum atomic E-state index is 11.3. The quantitative estimate of drug-likeness (QED) is 0.883. The summed E-state index contributed by atoms with van der Waals surface area (Å²) in [4.78, 5) is 15.8. The number of imidazole rings is 1. The lowest BCUT2D eigenvalue weighted by molar-refractivity contribution is 0.0698. The summed E-state index contributed by atoms with van der Waals surface area (Å²) in [6.07, 6.45) is 1.08. The number of carboxylic acids is 1. The van der Waals surface area contributed by atoms with Crippen molar-refractivity contribution < 1.29 is 9.90 Å². The molecule has 1 aromatic heterocycles. The number of benzene rings is 1. The van der Waals surface area contributed by atoms with E-state index in [1.165, 1.54) is 0 Å². The van der Waals surface area contributed by atoms with Crippen molar-refractivity contribution in [1.82, 2.24) is 9.55 Å². The maximum absolute atomic E-state index is 11.3. The van der Waals surface area contributed by atoms with Gasteiger partial charge in [-0.3, -0.25) is 0 Å². The van der Waals surface area contributed by atoms with Gasteiger partial charge in [0.1, 0.15) is 5.82 Å². The Hall–Kier alpha value is -1.84. The van der Waals surface area contributed by atoms with Gasteiger partial charge in [0.25, 0.3) is 0 Å². The molecule has 0 amide bonds. The Morgan fingerprint density at radius 3 is 2.72 bits per heavy atom. The van der Waals surface area contributed by atoms with Gasteiger partial charge in [-0.05, 0) is 30.9 Å². The molecule has 1 unspecified atom stereocenters. The van der Waals surface area contributed by atoms with E-state index < -0.39 is 5.97 Å². The van der Waals surface area contributed by atoms with Crippen LogP contribution in [0.5, 0.6) is 0 Å². The number of carbonyl (C=O) groups is 1. The number of rotatable bonds is 2. The van der Waals surface area contributed by atoms with E-state index in [0.717, 1.165) is 23.3 Å². The third-order valence-corrected chi connectivity index (χ3v) is 3.89. The van der Waals surface area contributed by atoms with Crippen molar-refractivity contribution in [3.63, 3.8) is 0 Å². The monoisotopic (exact) mass is 244 g/mol. The number of aromatic nitrogens is 2. The smallest absolute Gasteiger partial charge is 0.337 e. The summed E-state index contributed by atoms with van der Waals surface area (Å²) in [5, 5.41) is 9.31. The predicted octanol–water partition coefficient (Wildman–Crippen LogP) is 3.01. The third-order valence-electron chi connectivity index (χ3n) is 3.89. The Kier molecular flexibility index (Phi) is 2.09. The van der Waals surface area contributed by atoms with Crippen LogP contribution < -0.4 is 0 Å². The van der Waals surface area contributed by atoms with Crippen LogP contribution in [0.2, 0.25) is 0 Å². The van der Waals surface area contributed by atoms with Gasteiger partial charge in [-0.15, -0.1) is 0 Å². The number of para-hydroxylation sites is 1. The summed E-state index contributed by atoms with van der Waals surface area (Å²) >= 11 is 0. The molecule has 0 spiro atoms. The first-order valence-corrected chi connectivity index (χ1v) is 6.12. The van der Waals surface area contributed by atoms with Gasteiger partial charge in [0.2, 0.25) is 0 Å². The van der Waals surface area contributed by atoms with Gasteiger partial charge >= 0.3 is 5.97 Å². The fourth-order valence-corrected chi connectivity index (χ4v) is 2.70. The molecule has 2 aromatic rings. The molecule has 3 rings (SSSR count). The van der Waals surface area contributed by atoms with Crippen LogP contribution in [0.15, 0.2) is 18.2 Å². The fourth-order valence-electron chi connectivity index (χ4n) is 2.70. The third kappa shape index (κ3) is 1.45. The Morgan fingerprint density at radius 1 is 1.50 bits per heavy atom. The highest BCUT2D eigenvalue weighted by Gasteiger charge is 2.48. The first-order valence-electron chi connectivity index (χ1n) is 6.12. The van der Waals surface area contributed by atoms with Crippen molar-refractivity contribution in [2.75, 3.05) is 0 Å². The van der Waals surface area contributed by atoms with Crippen molar-refractivity contribution in [2.24, 2.45) is 5.41 Å². The predicted molar refractivity (Wildman–Crippen MR) is 68.9 cm³/mol. The molecule has 1 aliphatic rings. The van der Waals surface area contributed by atoms with Crippen LogP contribution in [-0.4, -0.2) is 20.6 Å². The van der Waals surface area contributed by atoms with Crippen molar-refractivity contribution in [3.05, 3.63) is 29.6 Å². The summed E-state index contributed by atoms with van der Waals surface area (Å²) in [5.41, 5.74) is 2.12. The van der Waals surface area contributed by atoms with E-state index in [-0.39, 0.29) is 5.41 Å². The standard InChI is InChI=1S/C14H16N2O2/c1-8-15-10-6-4-5-9(13(17)18)12(10)16(8)11-7-14(11,2)3/h4-6,11H,7H2,1-3H3,(H,17,18). The molecule has 1 aromatic carbocycles. The zero-order valence-electron chi connectivity index (χ0n) is 10.8. The van der Waals surface area contributed by atoms with Crippen molar-refractivity contribution >= 4 is 17.0 Å². The van der Waals surface area contributed by atoms with E-state index in [4.69, 9.17) is 0 Å². The summed E-state index contributed by atoms with van der Waals surface area (Å²) < 4.78 is 2.10. The molecule has 1 heterocycles. The van der Waals surface area contributed by atoms with Gasteiger partial charge in [0.05, 0.1) is 16.6 Å². The Balaban J connectivity index is 2.31. The minimum Gasteiger partial charge on any atom is -0.478 e. The molecular formula is C14H16N2O2. The molecule has 18 heavy (non-hydrogen) atoms. The zero-order valence-corrected chi connectivity index (χ0v) is 10.8. The second-order valence-electron chi connectivity index (χ2n) is 5.72. The average Bonchev–Trinajstić information content (AvgIpc) is 2.77. The minimum absolute atomic E-state index is 0.240. The second-order valence-corrected chi connectivity index (χ2v) is 5.72. The number of fused-ring (bicyclic) bond motifs is 1. The normalized spacial score (nSPS) is 21.2. The highest BCUT2D eigenvalue weighted by atomic mass is 16.4. The SMILES string of the molecule is Cc1nc2cccc(C(=O)O)c2n1C1CC1(C)C.